The van der Waals surface area contributed by atoms with E-state index in [9.17, 15) is 4.79 Å². The molecule has 4 heteroatoms. The molecule has 0 aromatic heterocycles. The molecule has 13 heavy (non-hydrogen) atoms. The summed E-state index contributed by atoms with van der Waals surface area (Å²) in [4.78, 5) is 11.2. The highest BCUT2D eigenvalue weighted by Gasteiger charge is 2.20. The lowest BCUT2D eigenvalue weighted by molar-refractivity contribution is -0.156. The summed E-state index contributed by atoms with van der Waals surface area (Å²) in [5.41, 5.74) is 5.03. The number of carbonyl (C=O) groups excluding carboxylic acids is 1. The minimum atomic E-state index is -0.582. The number of esters is 1. The van der Waals surface area contributed by atoms with E-state index in [0.29, 0.717) is 6.42 Å². The van der Waals surface area contributed by atoms with Gasteiger partial charge >= 0.3 is 5.97 Å². The zero-order valence-corrected chi connectivity index (χ0v) is 9.19. The van der Waals surface area contributed by atoms with Crippen molar-refractivity contribution in [3.63, 3.8) is 0 Å². The summed E-state index contributed by atoms with van der Waals surface area (Å²) in [5, 5.41) is 0. The second kappa shape index (κ2) is 6.00. The molecule has 2 N–H and O–H groups in total. The number of hydrogen-bond acceptors (Lipinski definition) is 3. The van der Waals surface area contributed by atoms with Gasteiger partial charge in [-0.1, -0.05) is 6.08 Å². The maximum absolute atomic E-state index is 11.2. The summed E-state index contributed by atoms with van der Waals surface area (Å²) in [6, 6.07) is -0.582. The maximum Gasteiger partial charge on any atom is 0.323 e. The van der Waals surface area contributed by atoms with E-state index in [1.54, 1.807) is 6.08 Å². The van der Waals surface area contributed by atoms with Gasteiger partial charge in [-0.2, -0.15) is 0 Å². The molecule has 1 unspecified atom stereocenters. The first-order valence-corrected chi connectivity index (χ1v) is 3.96. The van der Waals surface area contributed by atoms with Crippen LogP contribution in [0.15, 0.2) is 12.7 Å². The van der Waals surface area contributed by atoms with Crippen molar-refractivity contribution in [1.82, 2.24) is 0 Å². The molecule has 78 valence electrons. The first-order chi connectivity index (χ1) is 5.37. The van der Waals surface area contributed by atoms with Gasteiger partial charge in [0.2, 0.25) is 0 Å². The Morgan fingerprint density at radius 3 is 2.38 bits per heavy atom. The zero-order chi connectivity index (χ0) is 9.78. The third-order valence-corrected chi connectivity index (χ3v) is 1.13. The standard InChI is InChI=1S/C9H17NO2.ClH/c1-5-6-7(10)8(11)12-9(2,3)4;/h5,7H,1,6,10H2,2-4H3;1H. The predicted molar refractivity (Wildman–Crippen MR) is 55.9 cm³/mol. The molecule has 0 amide bonds. The lowest BCUT2D eigenvalue weighted by Crippen LogP contribution is -2.36. The van der Waals surface area contributed by atoms with Gasteiger partial charge in [0.05, 0.1) is 0 Å². The van der Waals surface area contributed by atoms with Crippen LogP contribution in [0, 0.1) is 0 Å². The van der Waals surface area contributed by atoms with Crippen molar-refractivity contribution in [3.8, 4) is 0 Å². The third-order valence-electron chi connectivity index (χ3n) is 1.13. The number of carbonyl (C=O) groups is 1. The Hall–Kier alpha value is -0.540. The minimum Gasteiger partial charge on any atom is -0.459 e. The number of ether oxygens (including phenoxy) is 1. The molecule has 0 saturated carbocycles. The van der Waals surface area contributed by atoms with E-state index in [0.717, 1.165) is 0 Å². The van der Waals surface area contributed by atoms with Gasteiger partial charge < -0.3 is 10.5 Å². The van der Waals surface area contributed by atoms with Crippen molar-refractivity contribution < 1.29 is 9.53 Å². The third kappa shape index (κ3) is 7.81. The largest absolute Gasteiger partial charge is 0.459 e. The Bertz CT molecular complexity index is 175. The fourth-order valence-corrected chi connectivity index (χ4v) is 0.653. The summed E-state index contributed by atoms with van der Waals surface area (Å²) < 4.78 is 5.04. The van der Waals surface area contributed by atoms with Gasteiger partial charge in [0.15, 0.2) is 0 Å². The Balaban J connectivity index is 0. The molecule has 0 heterocycles. The molecule has 0 radical (unpaired) electrons. The smallest absolute Gasteiger partial charge is 0.323 e. The number of rotatable bonds is 3. The summed E-state index contributed by atoms with van der Waals surface area (Å²) in [5.74, 6) is -0.373. The molecule has 0 aliphatic heterocycles. The Morgan fingerprint density at radius 2 is 2.08 bits per heavy atom. The molecule has 0 aliphatic carbocycles. The molecule has 0 aromatic carbocycles. The summed E-state index contributed by atoms with van der Waals surface area (Å²) in [6.45, 7) is 8.92. The van der Waals surface area contributed by atoms with Crippen LogP contribution in [0.25, 0.3) is 0 Å². The predicted octanol–water partition coefficient (Wildman–Crippen LogP) is 1.65. The van der Waals surface area contributed by atoms with Gasteiger partial charge in [0.1, 0.15) is 11.6 Å². The van der Waals surface area contributed by atoms with E-state index in [-0.39, 0.29) is 18.4 Å². The molecule has 0 spiro atoms. The first kappa shape index (κ1) is 15.0. The summed E-state index contributed by atoms with van der Waals surface area (Å²) >= 11 is 0. The van der Waals surface area contributed by atoms with Gasteiger partial charge in [-0.15, -0.1) is 19.0 Å². The molecular formula is C9H18ClNO2. The molecule has 0 bridgehead atoms. The van der Waals surface area contributed by atoms with Gasteiger partial charge in [0.25, 0.3) is 0 Å². The van der Waals surface area contributed by atoms with Crippen molar-refractivity contribution in [1.29, 1.82) is 0 Å². The number of nitrogens with two attached hydrogens (primary N) is 1. The highest BCUT2D eigenvalue weighted by molar-refractivity contribution is 5.85. The topological polar surface area (TPSA) is 52.3 Å². The molecular weight excluding hydrogens is 190 g/mol. The van der Waals surface area contributed by atoms with Crippen LogP contribution in [-0.4, -0.2) is 17.6 Å². The van der Waals surface area contributed by atoms with Crippen LogP contribution in [0.1, 0.15) is 27.2 Å². The Labute approximate surface area is 85.7 Å². The average molecular weight is 208 g/mol. The molecule has 0 fully saturated rings. The van der Waals surface area contributed by atoms with Crippen LogP contribution >= 0.6 is 12.4 Å². The van der Waals surface area contributed by atoms with Crippen LogP contribution in [-0.2, 0) is 9.53 Å². The molecule has 3 nitrogen and oxygen atoms in total. The zero-order valence-electron chi connectivity index (χ0n) is 8.37. The SMILES string of the molecule is C=CCC(N)C(=O)OC(C)(C)C.Cl. The highest BCUT2D eigenvalue weighted by atomic mass is 35.5. The lowest BCUT2D eigenvalue weighted by atomic mass is 10.1. The number of halogens is 1. The Kier molecular flexibility index (Phi) is 6.90. The van der Waals surface area contributed by atoms with Crippen molar-refractivity contribution in [2.45, 2.75) is 38.8 Å². The van der Waals surface area contributed by atoms with Crippen molar-refractivity contribution >= 4 is 18.4 Å². The van der Waals surface area contributed by atoms with Gasteiger partial charge in [-0.05, 0) is 27.2 Å². The second-order valence-corrected chi connectivity index (χ2v) is 3.66. The summed E-state index contributed by atoms with van der Waals surface area (Å²) in [7, 11) is 0. The van der Waals surface area contributed by atoms with Gasteiger partial charge in [-0.25, -0.2) is 0 Å². The molecule has 0 saturated heterocycles. The molecule has 1 atom stereocenters. The first-order valence-electron chi connectivity index (χ1n) is 3.96. The van der Waals surface area contributed by atoms with Crippen LogP contribution < -0.4 is 5.73 Å². The number of hydrogen-bond donors (Lipinski definition) is 1. The van der Waals surface area contributed by atoms with Crippen LogP contribution in [0.2, 0.25) is 0 Å². The van der Waals surface area contributed by atoms with E-state index in [1.165, 1.54) is 0 Å². The van der Waals surface area contributed by atoms with E-state index in [1.807, 2.05) is 20.8 Å². The van der Waals surface area contributed by atoms with Crippen molar-refractivity contribution in [2.24, 2.45) is 5.73 Å². The second-order valence-electron chi connectivity index (χ2n) is 3.66. The fourth-order valence-electron chi connectivity index (χ4n) is 0.653. The normalized spacial score (nSPS) is 12.6. The van der Waals surface area contributed by atoms with E-state index >= 15 is 0 Å². The van der Waals surface area contributed by atoms with E-state index in [4.69, 9.17) is 10.5 Å². The molecule has 0 aliphatic rings. The van der Waals surface area contributed by atoms with Crippen molar-refractivity contribution in [3.05, 3.63) is 12.7 Å². The van der Waals surface area contributed by atoms with E-state index in [2.05, 4.69) is 6.58 Å². The lowest BCUT2D eigenvalue weighted by Gasteiger charge is -2.21. The van der Waals surface area contributed by atoms with Crippen LogP contribution in [0.3, 0.4) is 0 Å². The highest BCUT2D eigenvalue weighted by Crippen LogP contribution is 2.08. The minimum absolute atomic E-state index is 0. The fraction of sp³-hybridized carbons (Fsp3) is 0.667. The van der Waals surface area contributed by atoms with Gasteiger partial charge in [0, 0.05) is 0 Å². The van der Waals surface area contributed by atoms with E-state index < -0.39 is 11.6 Å². The summed E-state index contributed by atoms with van der Waals surface area (Å²) in [6.07, 6.45) is 2.06. The molecule has 0 rings (SSSR count). The maximum atomic E-state index is 11.2. The monoisotopic (exact) mass is 207 g/mol. The Morgan fingerprint density at radius 1 is 1.62 bits per heavy atom. The van der Waals surface area contributed by atoms with Gasteiger partial charge in [-0.3, -0.25) is 4.79 Å². The molecule has 0 aromatic rings. The quantitative estimate of drug-likeness (QED) is 0.566. The van der Waals surface area contributed by atoms with Crippen molar-refractivity contribution in [2.75, 3.05) is 0 Å². The van der Waals surface area contributed by atoms with Crippen LogP contribution in [0.4, 0.5) is 0 Å². The average Bonchev–Trinajstić information content (AvgIpc) is 1.84. The van der Waals surface area contributed by atoms with Crippen LogP contribution in [0.5, 0.6) is 0 Å².